The average molecular weight is 339 g/mol. The number of alkyl halides is 2. The van der Waals surface area contributed by atoms with Gasteiger partial charge in [-0.3, -0.25) is 4.79 Å². The monoisotopic (exact) mass is 338 g/mol. The highest BCUT2D eigenvalue weighted by atomic mass is 35.5. The van der Waals surface area contributed by atoms with Crippen LogP contribution in [0.1, 0.15) is 18.9 Å². The molecule has 0 spiro atoms. The highest BCUT2D eigenvalue weighted by Gasteiger charge is 2.13. The van der Waals surface area contributed by atoms with Crippen LogP contribution < -0.4 is 15.2 Å². The molecule has 0 saturated heterocycles. The fourth-order valence-corrected chi connectivity index (χ4v) is 1.79. The Labute approximate surface area is 134 Å². The molecule has 0 aliphatic rings. The number of carbonyl (C=O) groups excluding carboxylic acids is 1. The summed E-state index contributed by atoms with van der Waals surface area (Å²) in [6.07, 6.45) is 0.265. The van der Waals surface area contributed by atoms with Gasteiger partial charge in [0.25, 0.3) is 0 Å². The van der Waals surface area contributed by atoms with E-state index in [0.29, 0.717) is 13.2 Å². The predicted octanol–water partition coefficient (Wildman–Crippen LogP) is 2.42. The maximum absolute atomic E-state index is 12.3. The first-order chi connectivity index (χ1) is 9.97. The fraction of sp³-hybridized carbons (Fsp3) is 0.500. The molecule has 1 aromatic rings. The normalized spacial score (nSPS) is 10.1. The van der Waals surface area contributed by atoms with E-state index in [-0.39, 0.29) is 42.8 Å². The number of carbonyl (C=O) groups is 1. The van der Waals surface area contributed by atoms with Crippen molar-refractivity contribution in [2.24, 2.45) is 5.73 Å². The predicted molar refractivity (Wildman–Crippen MR) is 81.6 cm³/mol. The quantitative estimate of drug-likeness (QED) is 0.790. The molecule has 0 unspecified atom stereocenters. The molecule has 0 heterocycles. The molecule has 0 saturated carbocycles. The van der Waals surface area contributed by atoms with Crippen LogP contribution in [0.25, 0.3) is 0 Å². The molecule has 0 fully saturated rings. The van der Waals surface area contributed by atoms with Crippen molar-refractivity contribution in [3.05, 3.63) is 23.8 Å². The van der Waals surface area contributed by atoms with E-state index in [0.717, 1.165) is 5.56 Å². The van der Waals surface area contributed by atoms with Crippen LogP contribution in [0.15, 0.2) is 18.2 Å². The SMILES string of the molecule is CCOc1cc(CN(C)C(=O)CCN)ccc1OC(F)F.Cl. The molecule has 1 aromatic carbocycles. The first kappa shape index (κ1) is 20.4. The Bertz CT molecular complexity index is 475. The Morgan fingerprint density at radius 1 is 1.36 bits per heavy atom. The molecule has 1 rings (SSSR count). The largest absolute Gasteiger partial charge is 0.490 e. The van der Waals surface area contributed by atoms with Crippen LogP contribution >= 0.6 is 12.4 Å². The lowest BCUT2D eigenvalue weighted by Gasteiger charge is -2.18. The van der Waals surface area contributed by atoms with Gasteiger partial charge in [0.15, 0.2) is 11.5 Å². The molecule has 0 aliphatic heterocycles. The van der Waals surface area contributed by atoms with E-state index >= 15 is 0 Å². The first-order valence-corrected chi connectivity index (χ1v) is 6.62. The number of halogens is 3. The van der Waals surface area contributed by atoms with Gasteiger partial charge in [-0.15, -0.1) is 12.4 Å². The summed E-state index contributed by atoms with van der Waals surface area (Å²) in [6, 6.07) is 4.62. The molecule has 0 radical (unpaired) electrons. The van der Waals surface area contributed by atoms with E-state index in [1.54, 1.807) is 26.1 Å². The summed E-state index contributed by atoms with van der Waals surface area (Å²) in [7, 11) is 1.65. The summed E-state index contributed by atoms with van der Waals surface area (Å²) < 4.78 is 34.3. The van der Waals surface area contributed by atoms with Gasteiger partial charge in [0, 0.05) is 26.6 Å². The molecule has 0 atom stereocenters. The molecule has 126 valence electrons. The van der Waals surface area contributed by atoms with Crippen molar-refractivity contribution in [1.82, 2.24) is 4.90 Å². The van der Waals surface area contributed by atoms with Gasteiger partial charge in [0.1, 0.15) is 0 Å². The van der Waals surface area contributed by atoms with Gasteiger partial charge in [-0.25, -0.2) is 0 Å². The van der Waals surface area contributed by atoms with E-state index in [2.05, 4.69) is 4.74 Å². The van der Waals surface area contributed by atoms with Gasteiger partial charge in [0.05, 0.1) is 6.61 Å². The fourth-order valence-electron chi connectivity index (χ4n) is 1.79. The lowest BCUT2D eigenvalue weighted by Crippen LogP contribution is -2.27. The molecule has 0 aliphatic carbocycles. The van der Waals surface area contributed by atoms with Crippen LogP contribution in [0, 0.1) is 0 Å². The zero-order valence-corrected chi connectivity index (χ0v) is 13.4. The lowest BCUT2D eigenvalue weighted by atomic mass is 10.2. The molecule has 0 aromatic heterocycles. The Balaban J connectivity index is 0.00000441. The minimum Gasteiger partial charge on any atom is -0.490 e. The van der Waals surface area contributed by atoms with Crippen molar-refractivity contribution in [3.8, 4) is 11.5 Å². The van der Waals surface area contributed by atoms with Crippen LogP contribution in [0.3, 0.4) is 0 Å². The summed E-state index contributed by atoms with van der Waals surface area (Å²) >= 11 is 0. The molecule has 5 nitrogen and oxygen atoms in total. The molecule has 0 bridgehead atoms. The zero-order chi connectivity index (χ0) is 15.8. The van der Waals surface area contributed by atoms with E-state index in [1.807, 2.05) is 0 Å². The van der Waals surface area contributed by atoms with Crippen LogP contribution in [0.4, 0.5) is 8.78 Å². The Hall–Kier alpha value is -1.60. The van der Waals surface area contributed by atoms with Crippen LogP contribution in [0.5, 0.6) is 11.5 Å². The molecular formula is C14H21ClF2N2O3. The highest BCUT2D eigenvalue weighted by molar-refractivity contribution is 5.85. The third-order valence-electron chi connectivity index (χ3n) is 2.73. The number of benzene rings is 1. The molecule has 1 amide bonds. The summed E-state index contributed by atoms with van der Waals surface area (Å²) in [6.45, 7) is -0.216. The molecule has 2 N–H and O–H groups in total. The average Bonchev–Trinajstić information content (AvgIpc) is 2.41. The van der Waals surface area contributed by atoms with Crippen LogP contribution in [-0.2, 0) is 11.3 Å². The number of hydrogen-bond acceptors (Lipinski definition) is 4. The number of rotatable bonds is 8. The Kier molecular flexibility index (Phi) is 9.44. The topological polar surface area (TPSA) is 64.8 Å². The van der Waals surface area contributed by atoms with Crippen molar-refractivity contribution in [2.75, 3.05) is 20.2 Å². The summed E-state index contributed by atoms with van der Waals surface area (Å²) in [5.41, 5.74) is 6.09. The second kappa shape index (κ2) is 10.2. The second-order valence-electron chi connectivity index (χ2n) is 4.38. The molecular weight excluding hydrogens is 318 g/mol. The van der Waals surface area contributed by atoms with E-state index in [1.165, 1.54) is 11.0 Å². The van der Waals surface area contributed by atoms with Crippen LogP contribution in [-0.4, -0.2) is 37.6 Å². The van der Waals surface area contributed by atoms with Gasteiger partial charge in [-0.05, 0) is 24.6 Å². The number of nitrogens with two attached hydrogens (primary N) is 1. The molecule has 8 heteroatoms. The second-order valence-corrected chi connectivity index (χ2v) is 4.38. The van der Waals surface area contributed by atoms with E-state index in [4.69, 9.17) is 10.5 Å². The standard InChI is InChI=1S/C14H20F2N2O3.ClH/c1-3-20-12-8-10(4-5-11(12)21-14(15)16)9-18(2)13(19)6-7-17;/h4-5,8,14H,3,6-7,9,17H2,1-2H3;1H. The number of ether oxygens (including phenoxy) is 2. The van der Waals surface area contributed by atoms with Crippen molar-refractivity contribution >= 4 is 18.3 Å². The van der Waals surface area contributed by atoms with Crippen molar-refractivity contribution in [3.63, 3.8) is 0 Å². The van der Waals surface area contributed by atoms with E-state index < -0.39 is 6.61 Å². The smallest absolute Gasteiger partial charge is 0.387 e. The van der Waals surface area contributed by atoms with Crippen molar-refractivity contribution in [1.29, 1.82) is 0 Å². The first-order valence-electron chi connectivity index (χ1n) is 6.62. The number of hydrogen-bond donors (Lipinski definition) is 1. The molecule has 22 heavy (non-hydrogen) atoms. The van der Waals surface area contributed by atoms with Crippen molar-refractivity contribution in [2.45, 2.75) is 26.5 Å². The Morgan fingerprint density at radius 3 is 2.59 bits per heavy atom. The lowest BCUT2D eigenvalue weighted by molar-refractivity contribution is -0.130. The van der Waals surface area contributed by atoms with Crippen molar-refractivity contribution < 1.29 is 23.0 Å². The minimum absolute atomic E-state index is 0. The third kappa shape index (κ3) is 6.44. The Morgan fingerprint density at radius 2 is 2.05 bits per heavy atom. The van der Waals surface area contributed by atoms with Gasteiger partial charge in [-0.2, -0.15) is 8.78 Å². The summed E-state index contributed by atoms with van der Waals surface area (Å²) in [5.74, 6) is 0.130. The summed E-state index contributed by atoms with van der Waals surface area (Å²) in [5, 5.41) is 0. The maximum Gasteiger partial charge on any atom is 0.387 e. The number of nitrogens with zero attached hydrogens (tertiary/aromatic N) is 1. The van der Waals surface area contributed by atoms with Gasteiger partial charge < -0.3 is 20.1 Å². The van der Waals surface area contributed by atoms with Crippen LogP contribution in [0.2, 0.25) is 0 Å². The zero-order valence-electron chi connectivity index (χ0n) is 12.6. The number of amides is 1. The third-order valence-corrected chi connectivity index (χ3v) is 2.73. The summed E-state index contributed by atoms with van der Waals surface area (Å²) in [4.78, 5) is 13.2. The van der Waals surface area contributed by atoms with E-state index in [9.17, 15) is 13.6 Å². The highest BCUT2D eigenvalue weighted by Crippen LogP contribution is 2.30. The minimum atomic E-state index is -2.91. The maximum atomic E-state index is 12.3. The van der Waals surface area contributed by atoms with Gasteiger partial charge in [0.2, 0.25) is 5.91 Å². The van der Waals surface area contributed by atoms with Gasteiger partial charge >= 0.3 is 6.61 Å². The van der Waals surface area contributed by atoms with Gasteiger partial charge in [-0.1, -0.05) is 6.07 Å².